The van der Waals surface area contributed by atoms with Crippen molar-refractivity contribution in [2.45, 2.75) is 18.6 Å². The highest BCUT2D eigenvalue weighted by atomic mass is 31.2. The molecule has 236 valence electrons. The summed E-state index contributed by atoms with van der Waals surface area (Å²) in [6, 6.07) is 9.84. The Morgan fingerprint density at radius 2 is 2.00 bits per heavy atom. The minimum absolute atomic E-state index is 0.203. The molecule has 2 aromatic carbocycles. The van der Waals surface area contributed by atoms with E-state index in [1.54, 1.807) is 39.0 Å². The summed E-state index contributed by atoms with van der Waals surface area (Å²) in [5.74, 6) is 1.44. The molecule has 2 bridgehead atoms. The second-order valence-electron chi connectivity index (χ2n) is 11.7. The van der Waals surface area contributed by atoms with Gasteiger partial charge in [0.05, 0.1) is 53.4 Å². The Hall–Kier alpha value is -5.00. The van der Waals surface area contributed by atoms with Crippen molar-refractivity contribution < 1.29 is 14.0 Å². The molecule has 5 heterocycles. The summed E-state index contributed by atoms with van der Waals surface area (Å²) in [7, 11) is 0.651. The van der Waals surface area contributed by atoms with Gasteiger partial charge in [0, 0.05) is 67.5 Å². The Bertz CT molecular complexity index is 2060. The summed E-state index contributed by atoms with van der Waals surface area (Å²) >= 11 is 0. The number of benzene rings is 2. The molecule has 3 aromatic heterocycles. The monoisotopic (exact) mass is 638 g/mol. The first-order valence-electron chi connectivity index (χ1n) is 14.9. The fourth-order valence-electron chi connectivity index (χ4n) is 6.36. The maximum atomic E-state index is 13.5. The number of aromatic amines is 1. The van der Waals surface area contributed by atoms with Crippen LogP contribution in [0.4, 0.5) is 28.8 Å². The van der Waals surface area contributed by atoms with E-state index in [9.17, 15) is 4.57 Å². The Morgan fingerprint density at radius 3 is 2.72 bits per heavy atom. The fourth-order valence-corrected chi connectivity index (χ4v) is 7.75. The quantitative estimate of drug-likeness (QED) is 0.105. The first-order chi connectivity index (χ1) is 22.3. The van der Waals surface area contributed by atoms with Gasteiger partial charge in [-0.2, -0.15) is 9.97 Å². The van der Waals surface area contributed by atoms with Crippen LogP contribution in [0.1, 0.15) is 12.0 Å². The van der Waals surface area contributed by atoms with Gasteiger partial charge >= 0.3 is 0 Å². The molecular formula is C32H35N10O3P. The topological polar surface area (TPSA) is 166 Å². The summed E-state index contributed by atoms with van der Waals surface area (Å²) in [6.45, 7) is 4.91. The Kier molecular flexibility index (Phi) is 7.58. The lowest BCUT2D eigenvalue weighted by Gasteiger charge is -2.31. The molecule has 0 aliphatic carbocycles. The lowest BCUT2D eigenvalue weighted by molar-refractivity contribution is 0.0991. The first kappa shape index (κ1) is 29.7. The highest BCUT2D eigenvalue weighted by Gasteiger charge is 2.40. The molecule has 5 N–H and O–H groups in total. The molecule has 46 heavy (non-hydrogen) atoms. The van der Waals surface area contributed by atoms with Crippen molar-refractivity contribution >= 4 is 75.1 Å². The van der Waals surface area contributed by atoms with Gasteiger partial charge in [-0.05, 0) is 44.0 Å². The molecule has 0 unspecified atom stereocenters. The molecule has 0 amide bonds. The molecule has 0 radical (unpaired) electrons. The number of methoxy groups -OCH3 is 1. The zero-order chi connectivity index (χ0) is 32.0. The molecule has 2 atom stereocenters. The van der Waals surface area contributed by atoms with Crippen LogP contribution in [0.3, 0.4) is 0 Å². The summed E-state index contributed by atoms with van der Waals surface area (Å²) in [5, 5.41) is 19.4. The van der Waals surface area contributed by atoms with Crippen molar-refractivity contribution in [3.63, 3.8) is 0 Å². The third kappa shape index (κ3) is 5.31. The van der Waals surface area contributed by atoms with E-state index in [1.165, 1.54) is 6.21 Å². The molecule has 2 aliphatic heterocycles. The van der Waals surface area contributed by atoms with Crippen molar-refractivity contribution in [3.8, 4) is 5.75 Å². The van der Waals surface area contributed by atoms with Gasteiger partial charge in [0.1, 0.15) is 29.9 Å². The third-order valence-corrected chi connectivity index (χ3v) is 9.89. The number of hydrogen-bond donors (Lipinski definition) is 5. The number of hydrogen-bond acceptors (Lipinski definition) is 12. The van der Waals surface area contributed by atoms with Crippen molar-refractivity contribution in [2.24, 2.45) is 0 Å². The minimum atomic E-state index is -2.79. The number of rotatable bonds is 10. The largest absolute Gasteiger partial charge is 0.494 e. The van der Waals surface area contributed by atoms with Crippen LogP contribution in [0.25, 0.3) is 27.6 Å². The number of H-pyrrole nitrogens is 1. The average molecular weight is 639 g/mol. The molecule has 5 aromatic rings. The van der Waals surface area contributed by atoms with Gasteiger partial charge in [0.2, 0.25) is 5.95 Å². The number of fused-ring (bicyclic) bond motifs is 4. The number of morpholine rings is 1. The Labute approximate surface area is 265 Å². The normalized spacial score (nSPS) is 17.9. The highest BCUT2D eigenvalue weighted by molar-refractivity contribution is 7.71. The first-order valence-corrected chi connectivity index (χ1v) is 17.5. The van der Waals surface area contributed by atoms with E-state index in [4.69, 9.17) is 24.9 Å². The van der Waals surface area contributed by atoms with Crippen molar-refractivity contribution in [1.82, 2.24) is 30.2 Å². The van der Waals surface area contributed by atoms with Crippen LogP contribution in [0.15, 0.2) is 55.1 Å². The number of aromatic nitrogens is 5. The lowest BCUT2D eigenvalue weighted by atomic mass is 10.0. The van der Waals surface area contributed by atoms with Crippen LogP contribution in [-0.4, -0.2) is 83.9 Å². The maximum Gasteiger partial charge on any atom is 0.231 e. The number of nitrogens with zero attached hydrogens (tertiary/aromatic N) is 5. The molecule has 2 fully saturated rings. The zero-order valence-corrected chi connectivity index (χ0v) is 26.9. The van der Waals surface area contributed by atoms with Crippen LogP contribution in [0.5, 0.6) is 5.75 Å². The van der Waals surface area contributed by atoms with Gasteiger partial charge in [-0.15, -0.1) is 0 Å². The maximum absolute atomic E-state index is 13.5. The second kappa shape index (κ2) is 11.7. The Balaban J connectivity index is 1.31. The fraction of sp³-hybridized carbons (Fsp3) is 0.281. The molecule has 13 nitrogen and oxygen atoms in total. The van der Waals surface area contributed by atoms with Gasteiger partial charge in [0.25, 0.3) is 0 Å². The summed E-state index contributed by atoms with van der Waals surface area (Å²) in [5.41, 5.74) is 5.68. The van der Waals surface area contributed by atoms with Gasteiger partial charge in [0.15, 0.2) is 0 Å². The standard InChI is InChI=1S/C32H35N10O3P/c1-34-15-18(14-33)22-12-25(27(44-2)13-26(22)42-16-20-11-19(42)17-45-20)39-32-40-30-21(7-8-37-30)31(41-32)38-24-6-5-23-28(36-10-9-35-23)29(24)46(3,4)43/h5-10,12-15,19-20,33-34H,11,16-17H2,1-4H3,(H3,37,38,39,40,41)/b18-15+,33-14?/t19-,20-/m1/s1. The van der Waals surface area contributed by atoms with E-state index in [1.807, 2.05) is 43.6 Å². The third-order valence-electron chi connectivity index (χ3n) is 8.36. The molecular weight excluding hydrogens is 603 g/mol. The van der Waals surface area contributed by atoms with Crippen LogP contribution in [0.2, 0.25) is 0 Å². The van der Waals surface area contributed by atoms with Crippen LogP contribution in [0, 0.1) is 5.41 Å². The predicted molar refractivity (Wildman–Crippen MR) is 183 cm³/mol. The van der Waals surface area contributed by atoms with E-state index in [-0.39, 0.29) is 12.1 Å². The van der Waals surface area contributed by atoms with Gasteiger partial charge in [-0.3, -0.25) is 9.97 Å². The molecule has 2 saturated heterocycles. The van der Waals surface area contributed by atoms with Crippen LogP contribution in [-0.2, 0) is 9.30 Å². The molecule has 0 spiro atoms. The highest BCUT2D eigenvalue weighted by Crippen LogP contribution is 2.43. The smallest absolute Gasteiger partial charge is 0.231 e. The number of ether oxygens (including phenoxy) is 2. The zero-order valence-electron chi connectivity index (χ0n) is 26.0. The van der Waals surface area contributed by atoms with Crippen molar-refractivity contribution in [2.75, 3.05) is 56.2 Å². The van der Waals surface area contributed by atoms with Crippen molar-refractivity contribution in [3.05, 3.63) is 60.7 Å². The Morgan fingerprint density at radius 1 is 1.15 bits per heavy atom. The van der Waals surface area contributed by atoms with Gasteiger partial charge in [-0.1, -0.05) is 0 Å². The van der Waals surface area contributed by atoms with Crippen molar-refractivity contribution in [1.29, 1.82) is 5.41 Å². The summed E-state index contributed by atoms with van der Waals surface area (Å²) in [4.78, 5) is 24.1. The van der Waals surface area contributed by atoms with E-state index in [2.05, 4.69) is 35.8 Å². The van der Waals surface area contributed by atoms with E-state index < -0.39 is 7.14 Å². The number of anilines is 5. The summed E-state index contributed by atoms with van der Waals surface area (Å²) < 4.78 is 25.3. The van der Waals surface area contributed by atoms with E-state index in [0.717, 1.165) is 29.6 Å². The minimum Gasteiger partial charge on any atom is -0.494 e. The predicted octanol–water partition coefficient (Wildman–Crippen LogP) is 4.83. The van der Waals surface area contributed by atoms with Crippen LogP contribution < -0.4 is 30.9 Å². The number of allylic oxidation sites excluding steroid dienone is 1. The second-order valence-corrected chi connectivity index (χ2v) is 14.9. The summed E-state index contributed by atoms with van der Waals surface area (Å²) in [6.07, 6.45) is 9.35. The van der Waals surface area contributed by atoms with E-state index >= 15 is 0 Å². The average Bonchev–Trinajstić information content (AvgIpc) is 3.81. The van der Waals surface area contributed by atoms with Crippen LogP contribution >= 0.6 is 7.14 Å². The molecule has 14 heteroatoms. The molecule has 0 saturated carbocycles. The SMILES string of the molecule is CN/C=C(\C=N)c1cc(Nc2nc(Nc3ccc4nccnc4c3P(C)(C)=O)c3cc[nH]c3n2)c(OC)cc1N1C[C@H]2C[C@@H]1CO2. The number of nitrogens with one attached hydrogen (secondary N) is 5. The molecule has 7 rings (SSSR count). The lowest BCUT2D eigenvalue weighted by Crippen LogP contribution is -2.37. The van der Waals surface area contributed by atoms with Gasteiger partial charge < -0.3 is 45.3 Å². The van der Waals surface area contributed by atoms with E-state index in [0.29, 0.717) is 63.1 Å². The molecule has 2 aliphatic rings. The van der Waals surface area contributed by atoms with Gasteiger partial charge in [-0.25, -0.2) is 0 Å².